The van der Waals surface area contributed by atoms with Crippen LogP contribution >= 0.6 is 0 Å². The Morgan fingerprint density at radius 3 is 2.60 bits per heavy atom. The summed E-state index contributed by atoms with van der Waals surface area (Å²) < 4.78 is 22.0. The molecule has 0 fully saturated rings. The molecule has 7 heteroatoms. The molecule has 56 valence electrons. The normalized spacial score (nSPS) is 17.9. The van der Waals surface area contributed by atoms with Gasteiger partial charge in [-0.1, -0.05) is 0 Å². The van der Waals surface area contributed by atoms with E-state index in [0.717, 1.165) is 4.31 Å². The van der Waals surface area contributed by atoms with Gasteiger partial charge in [0.1, 0.15) is 6.67 Å². The molecule has 10 heavy (non-hydrogen) atoms. The Labute approximate surface area is 58.2 Å². The van der Waals surface area contributed by atoms with Crippen molar-refractivity contribution in [3.8, 4) is 0 Å². The van der Waals surface area contributed by atoms with E-state index in [0.29, 0.717) is 0 Å². The summed E-state index contributed by atoms with van der Waals surface area (Å²) in [5, 5.41) is 11.6. The summed E-state index contributed by atoms with van der Waals surface area (Å²) in [5.74, 6) is 0. The third-order valence-electron chi connectivity index (χ3n) is 0.911. The van der Waals surface area contributed by atoms with Crippen molar-refractivity contribution in [3.63, 3.8) is 0 Å². The van der Waals surface area contributed by atoms with Crippen molar-refractivity contribution in [3.05, 3.63) is 12.4 Å². The topological polar surface area (TPSA) is 88.1 Å². The molecule has 0 atom stereocenters. The fraction of sp³-hybridized carbons (Fsp3) is 0.333. The molecule has 1 aliphatic heterocycles. The van der Waals surface area contributed by atoms with Crippen LogP contribution in [0.5, 0.6) is 0 Å². The molecule has 0 bridgehead atoms. The Morgan fingerprint density at radius 2 is 2.30 bits per heavy atom. The van der Waals surface area contributed by atoms with E-state index in [-0.39, 0.29) is 6.67 Å². The molecule has 1 heterocycles. The standard InChI is InChI=1S/C3H6N4O2S/c4-10(8,9)7-2-1-5-6-3-7/h1-2H,3H2,(H2,4,8,9). The number of nitrogens with zero attached hydrogens (tertiary/aromatic N) is 3. The van der Waals surface area contributed by atoms with Gasteiger partial charge in [-0.2, -0.15) is 18.6 Å². The predicted octanol–water partition coefficient (Wildman–Crippen LogP) is -0.614. The zero-order valence-corrected chi connectivity index (χ0v) is 5.82. The molecular formula is C3H6N4O2S. The first kappa shape index (κ1) is 7.16. The van der Waals surface area contributed by atoms with Crippen LogP contribution in [0.4, 0.5) is 0 Å². The molecule has 0 saturated heterocycles. The lowest BCUT2D eigenvalue weighted by Crippen LogP contribution is -2.33. The molecule has 0 aromatic rings. The van der Waals surface area contributed by atoms with E-state index in [1.54, 1.807) is 0 Å². The van der Waals surface area contributed by atoms with E-state index in [9.17, 15) is 8.42 Å². The molecule has 0 aromatic carbocycles. The number of hydrogen-bond acceptors (Lipinski definition) is 4. The van der Waals surface area contributed by atoms with Crippen molar-refractivity contribution in [1.29, 1.82) is 0 Å². The van der Waals surface area contributed by atoms with E-state index in [4.69, 9.17) is 5.14 Å². The number of rotatable bonds is 1. The van der Waals surface area contributed by atoms with Gasteiger partial charge in [0.05, 0.1) is 6.20 Å². The summed E-state index contributed by atoms with van der Waals surface area (Å²) in [6, 6.07) is 0. The summed E-state index contributed by atoms with van der Waals surface area (Å²) in [5.41, 5.74) is 0. The van der Waals surface area contributed by atoms with Crippen LogP contribution < -0.4 is 5.14 Å². The number of azo groups is 1. The van der Waals surface area contributed by atoms with E-state index in [1.807, 2.05) is 0 Å². The number of nitrogens with two attached hydrogens (primary N) is 1. The van der Waals surface area contributed by atoms with Crippen LogP contribution in [0.1, 0.15) is 0 Å². The second-order valence-electron chi connectivity index (χ2n) is 1.63. The predicted molar refractivity (Wildman–Crippen MR) is 33.8 cm³/mol. The summed E-state index contributed by atoms with van der Waals surface area (Å²) in [6.45, 7) is -0.0324. The zero-order valence-electron chi connectivity index (χ0n) is 5.01. The Kier molecular flexibility index (Phi) is 1.68. The first-order valence-electron chi connectivity index (χ1n) is 2.43. The second-order valence-corrected chi connectivity index (χ2v) is 3.13. The summed E-state index contributed by atoms with van der Waals surface area (Å²) in [6.07, 6.45) is 2.51. The first-order chi connectivity index (χ1) is 4.61. The SMILES string of the molecule is NS(=O)(=O)N1C=CN=NC1. The molecule has 0 unspecified atom stereocenters. The van der Waals surface area contributed by atoms with E-state index in [2.05, 4.69) is 10.2 Å². The van der Waals surface area contributed by atoms with Crippen LogP contribution in [0, 0.1) is 0 Å². The summed E-state index contributed by atoms with van der Waals surface area (Å²) in [4.78, 5) is 0. The quantitative estimate of drug-likeness (QED) is 0.557. The Hall–Kier alpha value is -0.950. The fourth-order valence-corrected chi connectivity index (χ4v) is 0.899. The smallest absolute Gasteiger partial charge is 0.241 e. The average molecular weight is 162 g/mol. The van der Waals surface area contributed by atoms with Crippen LogP contribution in [0.15, 0.2) is 22.6 Å². The van der Waals surface area contributed by atoms with Crippen LogP contribution in [-0.2, 0) is 10.2 Å². The van der Waals surface area contributed by atoms with Crippen LogP contribution in [-0.4, -0.2) is 19.4 Å². The minimum absolute atomic E-state index is 0.0324. The van der Waals surface area contributed by atoms with Crippen molar-refractivity contribution in [1.82, 2.24) is 4.31 Å². The Balaban J connectivity index is 2.79. The molecule has 0 aliphatic carbocycles. The molecule has 1 aliphatic rings. The molecule has 0 aromatic heterocycles. The molecule has 0 saturated carbocycles. The highest BCUT2D eigenvalue weighted by Crippen LogP contribution is 2.01. The van der Waals surface area contributed by atoms with Gasteiger partial charge in [0.15, 0.2) is 0 Å². The van der Waals surface area contributed by atoms with Crippen molar-refractivity contribution in [2.24, 2.45) is 15.4 Å². The van der Waals surface area contributed by atoms with Crippen molar-refractivity contribution in [2.45, 2.75) is 0 Å². The van der Waals surface area contributed by atoms with E-state index >= 15 is 0 Å². The highest BCUT2D eigenvalue weighted by molar-refractivity contribution is 7.86. The maximum absolute atomic E-state index is 10.5. The van der Waals surface area contributed by atoms with Crippen molar-refractivity contribution >= 4 is 10.2 Å². The maximum atomic E-state index is 10.5. The van der Waals surface area contributed by atoms with Crippen LogP contribution in [0.25, 0.3) is 0 Å². The highest BCUT2D eigenvalue weighted by atomic mass is 32.2. The van der Waals surface area contributed by atoms with Gasteiger partial charge in [0.2, 0.25) is 0 Å². The van der Waals surface area contributed by atoms with Crippen LogP contribution in [0.2, 0.25) is 0 Å². The van der Waals surface area contributed by atoms with Gasteiger partial charge in [-0.15, -0.1) is 0 Å². The lowest BCUT2D eigenvalue weighted by Gasteiger charge is -2.14. The van der Waals surface area contributed by atoms with Gasteiger partial charge in [-0.25, -0.2) is 9.44 Å². The van der Waals surface area contributed by atoms with E-state index in [1.165, 1.54) is 12.4 Å². The maximum Gasteiger partial charge on any atom is 0.300 e. The Morgan fingerprint density at radius 1 is 1.60 bits per heavy atom. The number of hydrogen-bond donors (Lipinski definition) is 1. The molecule has 6 nitrogen and oxygen atoms in total. The van der Waals surface area contributed by atoms with Gasteiger partial charge in [0.25, 0.3) is 10.2 Å². The minimum atomic E-state index is -3.63. The molecular weight excluding hydrogens is 156 g/mol. The monoisotopic (exact) mass is 162 g/mol. The van der Waals surface area contributed by atoms with Crippen molar-refractivity contribution < 1.29 is 8.42 Å². The summed E-state index contributed by atoms with van der Waals surface area (Å²) >= 11 is 0. The van der Waals surface area contributed by atoms with Gasteiger partial charge in [-0.3, -0.25) is 0 Å². The minimum Gasteiger partial charge on any atom is -0.241 e. The van der Waals surface area contributed by atoms with Crippen LogP contribution in [0.3, 0.4) is 0 Å². The van der Waals surface area contributed by atoms with Gasteiger partial charge in [-0.05, 0) is 0 Å². The fourth-order valence-electron chi connectivity index (χ4n) is 0.463. The highest BCUT2D eigenvalue weighted by Gasteiger charge is 2.12. The average Bonchev–Trinajstić information content (AvgIpc) is 1.88. The second kappa shape index (κ2) is 2.35. The molecule has 0 spiro atoms. The third kappa shape index (κ3) is 1.52. The van der Waals surface area contributed by atoms with Gasteiger partial charge < -0.3 is 0 Å². The van der Waals surface area contributed by atoms with Gasteiger partial charge in [0, 0.05) is 6.20 Å². The largest absolute Gasteiger partial charge is 0.300 e. The van der Waals surface area contributed by atoms with Crippen molar-refractivity contribution in [2.75, 3.05) is 6.67 Å². The zero-order chi connectivity index (χ0) is 7.61. The molecule has 0 amide bonds. The lowest BCUT2D eigenvalue weighted by molar-refractivity contribution is 0.493. The molecule has 2 N–H and O–H groups in total. The molecule has 1 rings (SSSR count). The summed E-state index contributed by atoms with van der Waals surface area (Å²) in [7, 11) is -3.63. The van der Waals surface area contributed by atoms with E-state index < -0.39 is 10.2 Å². The molecule has 0 radical (unpaired) electrons. The first-order valence-corrected chi connectivity index (χ1v) is 3.94. The third-order valence-corrected chi connectivity index (χ3v) is 1.80. The van der Waals surface area contributed by atoms with Gasteiger partial charge >= 0.3 is 0 Å². The Bertz CT molecular complexity index is 266. The lowest BCUT2D eigenvalue weighted by atomic mass is 10.8.